The van der Waals surface area contributed by atoms with E-state index >= 15 is 0 Å². The molecule has 0 aliphatic rings. The van der Waals surface area contributed by atoms with Crippen molar-refractivity contribution in [3.63, 3.8) is 0 Å². The van der Waals surface area contributed by atoms with Crippen molar-refractivity contribution in [2.75, 3.05) is 0 Å². The lowest BCUT2D eigenvalue weighted by Gasteiger charge is -2.12. The summed E-state index contributed by atoms with van der Waals surface area (Å²) in [5.41, 5.74) is 0.590. The van der Waals surface area contributed by atoms with Crippen molar-refractivity contribution in [1.82, 2.24) is 9.55 Å². The van der Waals surface area contributed by atoms with Crippen LogP contribution in [0, 0.1) is 5.82 Å². The molecule has 4 nitrogen and oxygen atoms in total. The highest BCUT2D eigenvalue weighted by Crippen LogP contribution is 2.26. The molecule has 0 spiro atoms. The Kier molecular flexibility index (Phi) is 3.75. The molecule has 0 saturated carbocycles. The molecule has 108 valence electrons. The van der Waals surface area contributed by atoms with Crippen LogP contribution in [-0.2, 0) is 6.54 Å². The molecule has 1 atom stereocenters. The van der Waals surface area contributed by atoms with Crippen molar-refractivity contribution in [3.05, 3.63) is 62.0 Å². The highest BCUT2D eigenvalue weighted by molar-refractivity contribution is 7.16. The zero-order valence-electron chi connectivity index (χ0n) is 10.7. The molecule has 21 heavy (non-hydrogen) atoms. The van der Waals surface area contributed by atoms with E-state index in [9.17, 15) is 14.3 Å². The fourth-order valence-corrected chi connectivity index (χ4v) is 3.06. The summed E-state index contributed by atoms with van der Waals surface area (Å²) in [5, 5.41) is 12.2. The van der Waals surface area contributed by atoms with E-state index in [0.29, 0.717) is 20.8 Å². The fourth-order valence-electron chi connectivity index (χ4n) is 2.07. The number of aromatic nitrogens is 2. The molecular formula is C14H10ClFN2O2S. The number of halogens is 2. The van der Waals surface area contributed by atoms with Crippen molar-refractivity contribution < 1.29 is 9.50 Å². The van der Waals surface area contributed by atoms with Crippen LogP contribution in [0.5, 0.6) is 0 Å². The minimum Gasteiger partial charge on any atom is -0.387 e. The molecule has 0 radical (unpaired) electrons. The van der Waals surface area contributed by atoms with Crippen LogP contribution < -0.4 is 5.56 Å². The Morgan fingerprint density at radius 2 is 2.29 bits per heavy atom. The highest BCUT2D eigenvalue weighted by Gasteiger charge is 2.13. The predicted molar refractivity (Wildman–Crippen MR) is 80.2 cm³/mol. The molecule has 2 aromatic heterocycles. The second kappa shape index (κ2) is 5.55. The van der Waals surface area contributed by atoms with Gasteiger partial charge in [-0.2, -0.15) is 0 Å². The van der Waals surface area contributed by atoms with E-state index in [-0.39, 0.29) is 12.1 Å². The molecule has 0 aliphatic heterocycles. The third kappa shape index (κ3) is 2.70. The Hall–Kier alpha value is -1.76. The molecule has 2 heterocycles. The molecule has 0 aliphatic carbocycles. The van der Waals surface area contributed by atoms with Gasteiger partial charge in [-0.1, -0.05) is 23.7 Å². The van der Waals surface area contributed by atoms with Crippen LogP contribution in [0.1, 0.15) is 11.7 Å². The molecule has 7 heteroatoms. The van der Waals surface area contributed by atoms with Crippen LogP contribution >= 0.6 is 22.9 Å². The molecule has 1 N–H and O–H groups in total. The van der Waals surface area contributed by atoms with Crippen LogP contribution in [0.25, 0.3) is 10.9 Å². The van der Waals surface area contributed by atoms with Crippen molar-refractivity contribution in [1.29, 1.82) is 0 Å². The van der Waals surface area contributed by atoms with E-state index in [0.717, 1.165) is 0 Å². The normalized spacial score (nSPS) is 12.7. The minimum atomic E-state index is -0.994. The van der Waals surface area contributed by atoms with Gasteiger partial charge in [0.15, 0.2) is 0 Å². The summed E-state index contributed by atoms with van der Waals surface area (Å²) in [4.78, 5) is 16.4. The molecule has 0 saturated heterocycles. The molecule has 3 aromatic rings. The van der Waals surface area contributed by atoms with E-state index in [4.69, 9.17) is 11.6 Å². The molecule has 0 amide bonds. The second-order valence-electron chi connectivity index (χ2n) is 4.54. The van der Waals surface area contributed by atoms with Crippen molar-refractivity contribution in [2.24, 2.45) is 0 Å². The van der Waals surface area contributed by atoms with Crippen molar-refractivity contribution in [2.45, 2.75) is 12.6 Å². The maximum atomic E-state index is 13.2. The molecule has 1 unspecified atom stereocenters. The minimum absolute atomic E-state index is 0.00130. The van der Waals surface area contributed by atoms with Gasteiger partial charge in [0.05, 0.1) is 24.4 Å². The van der Waals surface area contributed by atoms with Gasteiger partial charge in [-0.15, -0.1) is 11.3 Å². The summed E-state index contributed by atoms with van der Waals surface area (Å²) in [7, 11) is 0. The Balaban J connectivity index is 1.95. The number of fused-ring (bicyclic) bond motifs is 1. The van der Waals surface area contributed by atoms with Gasteiger partial charge in [0.25, 0.3) is 5.56 Å². The molecule has 0 bridgehead atoms. The van der Waals surface area contributed by atoms with Crippen molar-refractivity contribution >= 4 is 33.8 Å². The highest BCUT2D eigenvalue weighted by atomic mass is 35.5. The second-order valence-corrected chi connectivity index (χ2v) is 6.03. The van der Waals surface area contributed by atoms with E-state index in [2.05, 4.69) is 4.98 Å². The lowest BCUT2D eigenvalue weighted by Crippen LogP contribution is -2.23. The molecule has 3 rings (SSSR count). The topological polar surface area (TPSA) is 55.1 Å². The SMILES string of the molecule is O=c1c2csc(Cl)c2ncn1CC(O)c1cccc(F)c1. The Bertz CT molecular complexity index is 862. The standard InChI is InChI=1S/C14H10ClFN2O2S/c15-13-12-10(6-21-13)14(20)18(7-17-12)5-11(19)8-2-1-3-9(16)4-8/h1-4,6-7,11,19H,5H2. The van der Waals surface area contributed by atoms with Gasteiger partial charge in [0, 0.05) is 5.38 Å². The number of benzene rings is 1. The van der Waals surface area contributed by atoms with E-state index < -0.39 is 11.9 Å². The largest absolute Gasteiger partial charge is 0.387 e. The molecular weight excluding hydrogens is 315 g/mol. The number of thiophene rings is 1. The van der Waals surface area contributed by atoms with Crippen LogP contribution in [0.3, 0.4) is 0 Å². The van der Waals surface area contributed by atoms with Gasteiger partial charge in [-0.3, -0.25) is 9.36 Å². The first-order chi connectivity index (χ1) is 10.1. The summed E-state index contributed by atoms with van der Waals surface area (Å²) in [6.45, 7) is -0.00130. The average molecular weight is 325 g/mol. The summed E-state index contributed by atoms with van der Waals surface area (Å²) in [6, 6.07) is 5.65. The van der Waals surface area contributed by atoms with Crippen molar-refractivity contribution in [3.8, 4) is 0 Å². The summed E-state index contributed by atoms with van der Waals surface area (Å²) < 4.78 is 14.9. The summed E-state index contributed by atoms with van der Waals surface area (Å²) in [5.74, 6) is -0.433. The first-order valence-corrected chi connectivity index (χ1v) is 7.37. The zero-order valence-corrected chi connectivity index (χ0v) is 12.2. The van der Waals surface area contributed by atoms with Gasteiger partial charge in [-0.25, -0.2) is 9.37 Å². The van der Waals surface area contributed by atoms with Crippen LogP contribution in [0.4, 0.5) is 4.39 Å². The van der Waals surface area contributed by atoms with E-state index in [1.807, 2.05) is 0 Å². The van der Waals surface area contributed by atoms with Crippen LogP contribution in [0.2, 0.25) is 4.34 Å². The average Bonchev–Trinajstić information content (AvgIpc) is 2.84. The Labute approximate surface area is 128 Å². The third-order valence-corrected chi connectivity index (χ3v) is 4.34. The number of hydrogen-bond acceptors (Lipinski definition) is 4. The summed E-state index contributed by atoms with van der Waals surface area (Å²) >= 11 is 7.17. The first kappa shape index (κ1) is 14.2. The predicted octanol–water partition coefficient (Wildman–Crippen LogP) is 2.98. The zero-order chi connectivity index (χ0) is 15.0. The smallest absolute Gasteiger partial charge is 0.262 e. The lowest BCUT2D eigenvalue weighted by molar-refractivity contribution is 0.154. The number of aliphatic hydroxyl groups is 1. The lowest BCUT2D eigenvalue weighted by atomic mass is 10.1. The first-order valence-electron chi connectivity index (χ1n) is 6.12. The van der Waals surface area contributed by atoms with Gasteiger partial charge in [-0.05, 0) is 17.7 Å². The van der Waals surface area contributed by atoms with Gasteiger partial charge < -0.3 is 5.11 Å². The van der Waals surface area contributed by atoms with Gasteiger partial charge in [0.1, 0.15) is 15.7 Å². The maximum absolute atomic E-state index is 13.2. The van der Waals surface area contributed by atoms with E-state index in [1.54, 1.807) is 11.4 Å². The number of aliphatic hydroxyl groups excluding tert-OH is 1. The van der Waals surface area contributed by atoms with Gasteiger partial charge in [0.2, 0.25) is 0 Å². The quantitative estimate of drug-likeness (QED) is 0.806. The van der Waals surface area contributed by atoms with Crippen LogP contribution in [0.15, 0.2) is 40.8 Å². The number of rotatable bonds is 3. The monoisotopic (exact) mass is 324 g/mol. The third-order valence-electron chi connectivity index (χ3n) is 3.14. The maximum Gasteiger partial charge on any atom is 0.262 e. The fraction of sp³-hybridized carbons (Fsp3) is 0.143. The molecule has 0 fully saturated rings. The number of hydrogen-bond donors (Lipinski definition) is 1. The summed E-state index contributed by atoms with van der Waals surface area (Å²) in [6.07, 6.45) is 0.345. The number of nitrogens with zero attached hydrogens (tertiary/aromatic N) is 2. The van der Waals surface area contributed by atoms with Gasteiger partial charge >= 0.3 is 0 Å². The molecule has 1 aromatic carbocycles. The van der Waals surface area contributed by atoms with E-state index in [1.165, 1.54) is 40.4 Å². The Morgan fingerprint density at radius 1 is 1.48 bits per heavy atom. The Morgan fingerprint density at radius 3 is 3.05 bits per heavy atom. The van der Waals surface area contributed by atoms with Crippen LogP contribution in [-0.4, -0.2) is 14.7 Å².